The molecule has 0 bridgehead atoms. The summed E-state index contributed by atoms with van der Waals surface area (Å²) in [4.78, 5) is 2.31. The Hall–Kier alpha value is -0.0800. The molecular formula is C6H18N2. The minimum Gasteiger partial charge on any atom is -0.329 e. The molecule has 0 spiro atoms. The van der Waals surface area contributed by atoms with Crippen LogP contribution in [0.3, 0.4) is 0 Å². The molecule has 52 valence electrons. The molecule has 0 unspecified atom stereocenters. The van der Waals surface area contributed by atoms with Gasteiger partial charge in [0.1, 0.15) is 0 Å². The molecular weight excluding hydrogens is 100 g/mol. The van der Waals surface area contributed by atoms with Gasteiger partial charge in [-0.15, -0.1) is 0 Å². The lowest BCUT2D eigenvalue weighted by Gasteiger charge is -2.15. The maximum Gasteiger partial charge on any atom is 0.0104 e. The molecule has 0 saturated heterocycles. The van der Waals surface area contributed by atoms with E-state index < -0.39 is 0 Å². The highest BCUT2D eigenvalue weighted by Crippen LogP contribution is 1.81. The molecule has 0 radical (unpaired) electrons. The van der Waals surface area contributed by atoms with Crippen LogP contribution in [0.25, 0.3) is 0 Å². The Morgan fingerprint density at radius 3 is 2.00 bits per heavy atom. The van der Waals surface area contributed by atoms with Crippen molar-refractivity contribution in [3.63, 3.8) is 0 Å². The summed E-state index contributed by atoms with van der Waals surface area (Å²) >= 11 is 0. The first kappa shape index (κ1) is 7.92. The second kappa shape index (κ2) is 5.06. The highest BCUT2D eigenvalue weighted by molar-refractivity contribution is 4.50. The van der Waals surface area contributed by atoms with Crippen molar-refractivity contribution in [3.05, 3.63) is 0 Å². The van der Waals surface area contributed by atoms with Gasteiger partial charge in [0.2, 0.25) is 0 Å². The molecule has 0 aromatic rings. The number of hydrogen-bond acceptors (Lipinski definition) is 2. The Labute approximate surface area is 53.1 Å². The molecule has 0 heterocycles. The van der Waals surface area contributed by atoms with Gasteiger partial charge >= 0.3 is 0 Å². The molecule has 0 aliphatic heterocycles. The third-order valence-electron chi connectivity index (χ3n) is 1.34. The first-order valence-electron chi connectivity index (χ1n) is 3.27. The fraction of sp³-hybridized carbons (Fsp3) is 1.00. The predicted octanol–water partition coefficient (Wildman–Crippen LogP) is 0.533. The summed E-state index contributed by atoms with van der Waals surface area (Å²) in [6.07, 6.45) is 0. The van der Waals surface area contributed by atoms with E-state index >= 15 is 0 Å². The highest BCUT2D eigenvalue weighted by Gasteiger charge is 1.92. The number of rotatable bonds is 4. The lowest BCUT2D eigenvalue weighted by atomic mass is 10.5. The molecule has 0 aliphatic carbocycles. The van der Waals surface area contributed by atoms with E-state index in [2.05, 4.69) is 18.7 Å². The van der Waals surface area contributed by atoms with E-state index in [1.807, 2.05) is 0 Å². The summed E-state index contributed by atoms with van der Waals surface area (Å²) in [5.74, 6) is 0. The van der Waals surface area contributed by atoms with Crippen LogP contribution in [-0.4, -0.2) is 31.1 Å². The maximum absolute atomic E-state index is 5.34. The monoisotopic (exact) mass is 118 g/mol. The molecule has 0 rings (SSSR count). The molecule has 8 heavy (non-hydrogen) atoms. The van der Waals surface area contributed by atoms with Gasteiger partial charge in [0, 0.05) is 14.5 Å². The fourth-order valence-electron chi connectivity index (χ4n) is 0.722. The third-order valence-corrected chi connectivity index (χ3v) is 1.34. The minimum atomic E-state index is 0. The van der Waals surface area contributed by atoms with Crippen molar-refractivity contribution in [2.24, 2.45) is 5.73 Å². The second-order valence-electron chi connectivity index (χ2n) is 1.82. The number of nitrogens with zero attached hydrogens (tertiary/aromatic N) is 1. The molecule has 2 N–H and O–H groups in total. The third kappa shape index (κ3) is 2.99. The van der Waals surface area contributed by atoms with Crippen LogP contribution in [0.1, 0.15) is 15.3 Å². The molecule has 2 heteroatoms. The Morgan fingerprint density at radius 1 is 1.38 bits per heavy atom. The van der Waals surface area contributed by atoms with Crippen LogP contribution in [0, 0.1) is 0 Å². The zero-order valence-corrected chi connectivity index (χ0v) is 5.85. The van der Waals surface area contributed by atoms with Crippen LogP contribution < -0.4 is 5.73 Å². The van der Waals surface area contributed by atoms with Gasteiger partial charge in [0.05, 0.1) is 0 Å². The molecule has 0 saturated carbocycles. The van der Waals surface area contributed by atoms with Crippen LogP contribution in [0.2, 0.25) is 0 Å². The summed E-state index contributed by atoms with van der Waals surface area (Å²) in [7, 11) is 0. The topological polar surface area (TPSA) is 29.3 Å². The van der Waals surface area contributed by atoms with E-state index in [-0.39, 0.29) is 1.43 Å². The average Bonchev–Trinajstić information content (AvgIpc) is 1.83. The summed E-state index contributed by atoms with van der Waals surface area (Å²) in [6.45, 7) is 8.36. The SMILES string of the molecule is CCN(CC)CCN.[HH]. The van der Waals surface area contributed by atoms with Gasteiger partial charge < -0.3 is 10.6 Å². The van der Waals surface area contributed by atoms with Gasteiger partial charge in [-0.2, -0.15) is 0 Å². The van der Waals surface area contributed by atoms with Crippen molar-refractivity contribution in [3.8, 4) is 0 Å². The van der Waals surface area contributed by atoms with Gasteiger partial charge in [-0.3, -0.25) is 0 Å². The fourth-order valence-corrected chi connectivity index (χ4v) is 0.722. The van der Waals surface area contributed by atoms with Gasteiger partial charge in [0.25, 0.3) is 0 Å². The molecule has 0 aromatic heterocycles. The Bertz CT molecular complexity index is 46.3. The molecule has 0 atom stereocenters. The van der Waals surface area contributed by atoms with E-state index in [4.69, 9.17) is 5.73 Å². The quantitative estimate of drug-likeness (QED) is 0.583. The lowest BCUT2D eigenvalue weighted by molar-refractivity contribution is 0.312. The second-order valence-corrected chi connectivity index (χ2v) is 1.82. The molecule has 0 amide bonds. The highest BCUT2D eigenvalue weighted by atomic mass is 15.1. The van der Waals surface area contributed by atoms with Gasteiger partial charge in [-0.05, 0) is 13.1 Å². The van der Waals surface area contributed by atoms with Crippen molar-refractivity contribution >= 4 is 0 Å². The van der Waals surface area contributed by atoms with Crippen molar-refractivity contribution in [2.45, 2.75) is 13.8 Å². The van der Waals surface area contributed by atoms with Gasteiger partial charge in [-0.25, -0.2) is 0 Å². The first-order valence-corrected chi connectivity index (χ1v) is 3.27. The normalized spacial score (nSPS) is 10.5. The zero-order valence-electron chi connectivity index (χ0n) is 5.85. The molecule has 2 nitrogen and oxygen atoms in total. The van der Waals surface area contributed by atoms with Gasteiger partial charge in [0.15, 0.2) is 0 Å². The minimum absolute atomic E-state index is 0. The lowest BCUT2D eigenvalue weighted by Crippen LogP contribution is -2.28. The Balaban J connectivity index is 0. The summed E-state index contributed by atoms with van der Waals surface area (Å²) in [6, 6.07) is 0. The first-order chi connectivity index (χ1) is 3.85. The van der Waals surface area contributed by atoms with E-state index in [9.17, 15) is 0 Å². The van der Waals surface area contributed by atoms with Crippen molar-refractivity contribution in [1.82, 2.24) is 4.90 Å². The van der Waals surface area contributed by atoms with Crippen molar-refractivity contribution in [2.75, 3.05) is 26.2 Å². The van der Waals surface area contributed by atoms with E-state index in [1.54, 1.807) is 0 Å². The van der Waals surface area contributed by atoms with Crippen molar-refractivity contribution < 1.29 is 1.43 Å². The maximum atomic E-state index is 5.34. The molecule has 0 aromatic carbocycles. The summed E-state index contributed by atoms with van der Waals surface area (Å²) in [5.41, 5.74) is 5.34. The van der Waals surface area contributed by atoms with E-state index in [0.29, 0.717) is 0 Å². The van der Waals surface area contributed by atoms with Crippen molar-refractivity contribution in [1.29, 1.82) is 0 Å². The van der Waals surface area contributed by atoms with Crippen LogP contribution in [0.5, 0.6) is 0 Å². The zero-order chi connectivity index (χ0) is 6.41. The summed E-state index contributed by atoms with van der Waals surface area (Å²) < 4.78 is 0. The van der Waals surface area contributed by atoms with Crippen LogP contribution in [0.15, 0.2) is 0 Å². The smallest absolute Gasteiger partial charge is 0.0104 e. The standard InChI is InChI=1S/C6H16N2.H2/c1-3-8(4-2)6-5-7;/h3-7H2,1-2H3;1H. The molecule has 0 aliphatic rings. The number of nitrogens with two attached hydrogens (primary N) is 1. The summed E-state index contributed by atoms with van der Waals surface area (Å²) in [5, 5.41) is 0. The Kier molecular flexibility index (Phi) is 5.01. The van der Waals surface area contributed by atoms with E-state index in [1.165, 1.54) is 0 Å². The Morgan fingerprint density at radius 2 is 1.88 bits per heavy atom. The largest absolute Gasteiger partial charge is 0.329 e. The van der Waals surface area contributed by atoms with Gasteiger partial charge in [-0.1, -0.05) is 13.8 Å². The van der Waals surface area contributed by atoms with Crippen LogP contribution >= 0.6 is 0 Å². The molecule has 0 fully saturated rings. The van der Waals surface area contributed by atoms with Crippen LogP contribution in [0.4, 0.5) is 0 Å². The number of likely N-dealkylation sites (N-methyl/N-ethyl adjacent to an activating group) is 1. The average molecular weight is 118 g/mol. The number of hydrogen-bond donors (Lipinski definition) is 1. The predicted molar refractivity (Wildman–Crippen MR) is 39.0 cm³/mol. The van der Waals surface area contributed by atoms with Crippen LogP contribution in [-0.2, 0) is 0 Å². The van der Waals surface area contributed by atoms with E-state index in [0.717, 1.165) is 26.2 Å².